The molecule has 5 heteroatoms. The molecule has 1 aromatic carbocycles. The molecular formula is C16H22O5. The second-order valence-electron chi connectivity index (χ2n) is 5.40. The summed E-state index contributed by atoms with van der Waals surface area (Å²) in [5.74, 6) is 0.847. The van der Waals surface area contributed by atoms with Gasteiger partial charge >= 0.3 is 5.97 Å². The zero-order chi connectivity index (χ0) is 15.4. The second kappa shape index (κ2) is 6.80. The van der Waals surface area contributed by atoms with E-state index in [1.54, 1.807) is 21.3 Å². The van der Waals surface area contributed by atoms with Crippen molar-refractivity contribution >= 4 is 5.97 Å². The van der Waals surface area contributed by atoms with Crippen molar-refractivity contribution in [1.82, 2.24) is 0 Å². The van der Waals surface area contributed by atoms with Gasteiger partial charge in [-0.1, -0.05) is 0 Å². The predicted molar refractivity (Wildman–Crippen MR) is 78.0 cm³/mol. The summed E-state index contributed by atoms with van der Waals surface area (Å²) in [5.41, 5.74) is 1.87. The van der Waals surface area contributed by atoms with Gasteiger partial charge in [0.2, 0.25) is 0 Å². The highest BCUT2D eigenvalue weighted by molar-refractivity contribution is 5.69. The van der Waals surface area contributed by atoms with Gasteiger partial charge in [-0.2, -0.15) is 0 Å². The van der Waals surface area contributed by atoms with Crippen LogP contribution in [0.2, 0.25) is 0 Å². The van der Waals surface area contributed by atoms with Gasteiger partial charge in [-0.05, 0) is 36.5 Å². The largest absolute Gasteiger partial charge is 0.493 e. The molecule has 21 heavy (non-hydrogen) atoms. The van der Waals surface area contributed by atoms with Crippen LogP contribution in [-0.4, -0.2) is 32.4 Å². The van der Waals surface area contributed by atoms with Crippen LogP contribution in [0.3, 0.4) is 0 Å². The highest BCUT2D eigenvalue weighted by Gasteiger charge is 2.36. The molecule has 0 aliphatic heterocycles. The fraction of sp³-hybridized carbons (Fsp3) is 0.562. The zero-order valence-electron chi connectivity index (χ0n) is 12.7. The smallest absolute Gasteiger partial charge is 0.303 e. The first kappa shape index (κ1) is 15.6. The summed E-state index contributed by atoms with van der Waals surface area (Å²) < 4.78 is 16.1. The number of aliphatic carboxylic acids is 1. The van der Waals surface area contributed by atoms with Gasteiger partial charge in [0.05, 0.1) is 27.2 Å². The van der Waals surface area contributed by atoms with Crippen molar-refractivity contribution in [2.75, 3.05) is 21.3 Å². The summed E-state index contributed by atoms with van der Waals surface area (Å²) in [6.07, 6.45) is 2.25. The summed E-state index contributed by atoms with van der Waals surface area (Å²) in [5, 5.41) is 9.19. The van der Waals surface area contributed by atoms with Crippen LogP contribution in [0.25, 0.3) is 0 Å². The predicted octanol–water partition coefficient (Wildman–Crippen LogP) is 2.82. The third kappa shape index (κ3) is 3.67. The first-order valence-electron chi connectivity index (χ1n) is 7.06. The first-order valence-corrected chi connectivity index (χ1v) is 7.06. The van der Waals surface area contributed by atoms with Crippen molar-refractivity contribution in [2.24, 2.45) is 5.92 Å². The van der Waals surface area contributed by atoms with Crippen molar-refractivity contribution in [3.63, 3.8) is 0 Å². The van der Waals surface area contributed by atoms with Crippen LogP contribution in [0.15, 0.2) is 12.1 Å². The van der Waals surface area contributed by atoms with Crippen molar-refractivity contribution in [3.8, 4) is 11.5 Å². The van der Waals surface area contributed by atoms with Gasteiger partial charge in [0, 0.05) is 18.6 Å². The number of hydrogen-bond donors (Lipinski definition) is 1. The second-order valence-corrected chi connectivity index (χ2v) is 5.40. The van der Waals surface area contributed by atoms with E-state index in [0.717, 1.165) is 24.0 Å². The zero-order valence-corrected chi connectivity index (χ0v) is 12.7. The Hall–Kier alpha value is -1.75. The van der Waals surface area contributed by atoms with Crippen molar-refractivity contribution in [1.29, 1.82) is 0 Å². The van der Waals surface area contributed by atoms with Crippen LogP contribution in [0.5, 0.6) is 11.5 Å². The molecule has 0 aromatic heterocycles. The number of methoxy groups -OCH3 is 3. The molecule has 116 valence electrons. The van der Waals surface area contributed by atoms with Gasteiger partial charge in [0.25, 0.3) is 0 Å². The molecule has 5 nitrogen and oxygen atoms in total. The fourth-order valence-electron chi connectivity index (χ4n) is 2.80. The minimum Gasteiger partial charge on any atom is -0.493 e. The Balaban J connectivity index is 2.46. The monoisotopic (exact) mass is 294 g/mol. The van der Waals surface area contributed by atoms with Crippen LogP contribution in [-0.2, 0) is 16.1 Å². The Morgan fingerprint density at radius 2 is 2.00 bits per heavy atom. The normalized spacial score (nSPS) is 15.6. The Morgan fingerprint density at radius 1 is 1.29 bits per heavy atom. The molecule has 0 amide bonds. The van der Waals surface area contributed by atoms with Crippen LogP contribution in [0.1, 0.15) is 36.3 Å². The minimum atomic E-state index is -0.787. The average Bonchev–Trinajstić information content (AvgIpc) is 3.28. The molecule has 1 saturated carbocycles. The van der Waals surface area contributed by atoms with Gasteiger partial charge in [0.1, 0.15) is 0 Å². The number of ether oxygens (including phenoxy) is 3. The molecule has 1 aromatic rings. The van der Waals surface area contributed by atoms with E-state index >= 15 is 0 Å². The molecule has 0 saturated heterocycles. The third-order valence-electron chi connectivity index (χ3n) is 3.86. The van der Waals surface area contributed by atoms with Crippen LogP contribution in [0.4, 0.5) is 0 Å². The van der Waals surface area contributed by atoms with Gasteiger partial charge in [-0.25, -0.2) is 0 Å². The van der Waals surface area contributed by atoms with Crippen molar-refractivity contribution < 1.29 is 24.1 Å². The molecule has 1 aliphatic rings. The SMILES string of the molecule is COCc1cc(OC)c(OC)c(C(CC(=O)O)C2CC2)c1. The molecule has 1 aliphatic carbocycles. The highest BCUT2D eigenvalue weighted by atomic mass is 16.5. The maximum atomic E-state index is 11.2. The minimum absolute atomic E-state index is 0.0387. The quantitative estimate of drug-likeness (QED) is 0.798. The Labute approximate surface area is 124 Å². The Morgan fingerprint density at radius 3 is 2.48 bits per heavy atom. The molecule has 0 radical (unpaired) electrons. The van der Waals surface area contributed by atoms with E-state index in [-0.39, 0.29) is 12.3 Å². The number of carbonyl (C=O) groups is 1. The maximum Gasteiger partial charge on any atom is 0.303 e. The van der Waals surface area contributed by atoms with E-state index in [0.29, 0.717) is 24.0 Å². The Bertz CT molecular complexity index is 508. The lowest BCUT2D eigenvalue weighted by Gasteiger charge is -2.21. The number of carboxylic acid groups (broad SMARTS) is 1. The molecule has 0 bridgehead atoms. The number of hydrogen-bond acceptors (Lipinski definition) is 4. The van der Waals surface area contributed by atoms with E-state index in [4.69, 9.17) is 14.2 Å². The topological polar surface area (TPSA) is 65.0 Å². The summed E-state index contributed by atoms with van der Waals surface area (Å²) >= 11 is 0. The first-order chi connectivity index (χ1) is 10.1. The molecule has 1 unspecified atom stereocenters. The van der Waals surface area contributed by atoms with Crippen LogP contribution >= 0.6 is 0 Å². The summed E-state index contributed by atoms with van der Waals surface area (Å²) in [4.78, 5) is 11.2. The average molecular weight is 294 g/mol. The van der Waals surface area contributed by atoms with E-state index in [1.807, 2.05) is 12.1 Å². The van der Waals surface area contributed by atoms with Crippen molar-refractivity contribution in [2.45, 2.75) is 31.8 Å². The summed E-state index contributed by atoms with van der Waals surface area (Å²) in [6, 6.07) is 3.85. The molecule has 0 heterocycles. The number of benzene rings is 1. The van der Waals surface area contributed by atoms with E-state index < -0.39 is 5.97 Å². The Kier molecular flexibility index (Phi) is 5.07. The van der Waals surface area contributed by atoms with Crippen LogP contribution in [0, 0.1) is 5.92 Å². The molecule has 1 fully saturated rings. The highest BCUT2D eigenvalue weighted by Crippen LogP contribution is 2.49. The van der Waals surface area contributed by atoms with E-state index in [2.05, 4.69) is 0 Å². The maximum absolute atomic E-state index is 11.2. The molecule has 0 spiro atoms. The lowest BCUT2D eigenvalue weighted by molar-refractivity contribution is -0.137. The lowest BCUT2D eigenvalue weighted by Crippen LogP contribution is -2.11. The summed E-state index contributed by atoms with van der Waals surface area (Å²) in [6.45, 7) is 0.456. The number of rotatable bonds is 8. The molecule has 1 N–H and O–H groups in total. The van der Waals surface area contributed by atoms with Gasteiger partial charge in [-0.15, -0.1) is 0 Å². The fourth-order valence-corrected chi connectivity index (χ4v) is 2.80. The van der Waals surface area contributed by atoms with Gasteiger partial charge in [0.15, 0.2) is 11.5 Å². The van der Waals surface area contributed by atoms with Gasteiger partial charge < -0.3 is 19.3 Å². The van der Waals surface area contributed by atoms with E-state index in [9.17, 15) is 9.90 Å². The summed E-state index contributed by atoms with van der Waals surface area (Å²) in [7, 11) is 4.80. The molecule has 1 atom stereocenters. The number of carboxylic acids is 1. The third-order valence-corrected chi connectivity index (χ3v) is 3.86. The standard InChI is InChI=1S/C16H22O5/c1-19-9-10-6-13(16(21-3)14(7-10)20-2)12(8-15(17)18)11-4-5-11/h6-7,11-12H,4-5,8-9H2,1-3H3,(H,17,18). The van der Waals surface area contributed by atoms with Crippen LogP contribution < -0.4 is 9.47 Å². The molecular weight excluding hydrogens is 272 g/mol. The van der Waals surface area contributed by atoms with Gasteiger partial charge in [-0.3, -0.25) is 4.79 Å². The lowest BCUT2D eigenvalue weighted by atomic mass is 9.89. The van der Waals surface area contributed by atoms with E-state index in [1.165, 1.54) is 0 Å². The molecule has 2 rings (SSSR count). The van der Waals surface area contributed by atoms with Crippen molar-refractivity contribution in [3.05, 3.63) is 23.3 Å².